The third-order valence-corrected chi connectivity index (χ3v) is 5.72. The fourth-order valence-corrected chi connectivity index (χ4v) is 4.17. The molecule has 1 saturated carbocycles. The van der Waals surface area contributed by atoms with Crippen LogP contribution in [-0.2, 0) is 20.8 Å². The molecule has 1 aliphatic carbocycles. The smallest absolute Gasteiger partial charge is 0.326 e. The molecular weight excluding hydrogens is 368 g/mol. The Morgan fingerprint density at radius 2 is 2.10 bits per heavy atom. The van der Waals surface area contributed by atoms with Crippen molar-refractivity contribution >= 4 is 28.6 Å². The van der Waals surface area contributed by atoms with Gasteiger partial charge in [-0.25, -0.2) is 4.79 Å². The molecule has 6 heteroatoms. The average Bonchev–Trinajstić information content (AvgIpc) is 3.26. The molecule has 0 aliphatic heterocycles. The molecule has 3 atom stereocenters. The quantitative estimate of drug-likeness (QED) is 0.564. The van der Waals surface area contributed by atoms with Crippen LogP contribution in [-0.4, -0.2) is 33.8 Å². The molecule has 3 unspecified atom stereocenters. The first-order chi connectivity index (χ1) is 14.0. The number of amides is 1. The van der Waals surface area contributed by atoms with Crippen molar-refractivity contribution in [1.29, 1.82) is 0 Å². The van der Waals surface area contributed by atoms with Gasteiger partial charge in [0.05, 0.1) is 0 Å². The predicted molar refractivity (Wildman–Crippen MR) is 111 cm³/mol. The minimum absolute atomic E-state index is 0.0217. The van der Waals surface area contributed by atoms with Crippen LogP contribution < -0.4 is 5.32 Å². The fourth-order valence-electron chi connectivity index (χ4n) is 4.17. The van der Waals surface area contributed by atoms with E-state index in [1.165, 1.54) is 0 Å². The second kappa shape index (κ2) is 9.54. The second-order valence-corrected chi connectivity index (χ2v) is 7.71. The number of fused-ring (bicyclic) bond motifs is 1. The van der Waals surface area contributed by atoms with E-state index in [4.69, 9.17) is 0 Å². The number of hydrogen-bond acceptors (Lipinski definition) is 3. The molecule has 1 aromatic carbocycles. The molecule has 1 fully saturated rings. The lowest BCUT2D eigenvalue weighted by molar-refractivity contribution is -0.142. The van der Waals surface area contributed by atoms with Crippen molar-refractivity contribution in [2.75, 3.05) is 0 Å². The number of aromatic amines is 1. The molecule has 0 bridgehead atoms. The highest BCUT2D eigenvalue weighted by Crippen LogP contribution is 2.34. The van der Waals surface area contributed by atoms with Crippen molar-refractivity contribution < 1.29 is 19.5 Å². The van der Waals surface area contributed by atoms with E-state index in [0.717, 1.165) is 22.9 Å². The molecule has 1 heterocycles. The lowest BCUT2D eigenvalue weighted by Crippen LogP contribution is -2.43. The molecule has 0 spiro atoms. The van der Waals surface area contributed by atoms with Gasteiger partial charge in [-0.3, -0.25) is 9.59 Å². The van der Waals surface area contributed by atoms with E-state index < -0.39 is 12.0 Å². The summed E-state index contributed by atoms with van der Waals surface area (Å²) in [5.41, 5.74) is 1.79. The molecule has 3 N–H and O–H groups in total. The van der Waals surface area contributed by atoms with Crippen molar-refractivity contribution in [3.63, 3.8) is 0 Å². The zero-order chi connectivity index (χ0) is 20.8. The van der Waals surface area contributed by atoms with Gasteiger partial charge in [0, 0.05) is 42.3 Å². The molecule has 154 valence electrons. The van der Waals surface area contributed by atoms with E-state index in [1.54, 1.807) is 6.20 Å². The molecule has 6 nitrogen and oxygen atoms in total. The number of allylic oxidation sites excluding steroid dienone is 2. The van der Waals surface area contributed by atoms with Gasteiger partial charge in [-0.15, -0.1) is 0 Å². The van der Waals surface area contributed by atoms with Gasteiger partial charge in [0.1, 0.15) is 11.8 Å². The molecule has 1 aromatic heterocycles. The summed E-state index contributed by atoms with van der Waals surface area (Å²) in [7, 11) is 0. The maximum absolute atomic E-state index is 12.6. The second-order valence-electron chi connectivity index (χ2n) is 7.71. The number of carboxylic acid groups (broad SMARTS) is 1. The molecule has 2 aromatic rings. The SMILES string of the molecule is CCC=CCC1C(=O)CCC1CC(=O)NC(Cc1c[nH]c2ccccc12)C(=O)O. The van der Waals surface area contributed by atoms with Crippen molar-refractivity contribution in [3.05, 3.63) is 48.2 Å². The van der Waals surface area contributed by atoms with Gasteiger partial charge < -0.3 is 15.4 Å². The van der Waals surface area contributed by atoms with Crippen LogP contribution in [0.3, 0.4) is 0 Å². The maximum atomic E-state index is 12.6. The Hall–Kier alpha value is -2.89. The Balaban J connectivity index is 1.63. The molecule has 0 radical (unpaired) electrons. The van der Waals surface area contributed by atoms with Crippen molar-refractivity contribution in [2.45, 2.75) is 51.5 Å². The first-order valence-electron chi connectivity index (χ1n) is 10.2. The number of H-pyrrole nitrogens is 1. The van der Waals surface area contributed by atoms with Crippen molar-refractivity contribution in [1.82, 2.24) is 10.3 Å². The predicted octanol–water partition coefficient (Wildman–Crippen LogP) is 3.62. The van der Waals surface area contributed by atoms with Crippen molar-refractivity contribution in [2.24, 2.45) is 11.8 Å². The Kier molecular flexibility index (Phi) is 6.86. The average molecular weight is 396 g/mol. The normalized spacial score (nSPS) is 20.4. The molecular formula is C23H28N2O4. The highest BCUT2D eigenvalue weighted by Gasteiger charge is 2.35. The molecule has 3 rings (SSSR count). The van der Waals surface area contributed by atoms with Crippen LogP contribution in [0.4, 0.5) is 0 Å². The largest absolute Gasteiger partial charge is 0.480 e. The first kappa shape index (κ1) is 20.8. The maximum Gasteiger partial charge on any atom is 0.326 e. The van der Waals surface area contributed by atoms with Gasteiger partial charge in [0.25, 0.3) is 0 Å². The molecule has 29 heavy (non-hydrogen) atoms. The van der Waals surface area contributed by atoms with Gasteiger partial charge in [-0.2, -0.15) is 0 Å². The summed E-state index contributed by atoms with van der Waals surface area (Å²) in [6, 6.07) is 6.67. The van der Waals surface area contributed by atoms with Crippen molar-refractivity contribution in [3.8, 4) is 0 Å². The van der Waals surface area contributed by atoms with Gasteiger partial charge in [0.2, 0.25) is 5.91 Å². The van der Waals surface area contributed by atoms with Crippen LogP contribution in [0.15, 0.2) is 42.6 Å². The highest BCUT2D eigenvalue weighted by atomic mass is 16.4. The summed E-state index contributed by atoms with van der Waals surface area (Å²) >= 11 is 0. The van der Waals surface area contributed by atoms with Crippen LogP contribution in [0.2, 0.25) is 0 Å². The van der Waals surface area contributed by atoms with Crippen LogP contribution in [0.1, 0.15) is 44.6 Å². The summed E-state index contributed by atoms with van der Waals surface area (Å²) in [5, 5.41) is 13.2. The van der Waals surface area contributed by atoms with E-state index in [1.807, 2.05) is 43.3 Å². The number of para-hydroxylation sites is 1. The van der Waals surface area contributed by atoms with Crippen LogP contribution >= 0.6 is 0 Å². The number of aromatic nitrogens is 1. The summed E-state index contributed by atoms with van der Waals surface area (Å²) in [4.78, 5) is 39.6. The number of carboxylic acids is 1. The monoisotopic (exact) mass is 396 g/mol. The first-order valence-corrected chi connectivity index (χ1v) is 10.2. The lowest BCUT2D eigenvalue weighted by Gasteiger charge is -2.19. The summed E-state index contributed by atoms with van der Waals surface area (Å²) in [6.07, 6.45) is 8.99. The van der Waals surface area contributed by atoms with E-state index in [2.05, 4.69) is 10.3 Å². The topological polar surface area (TPSA) is 99.3 Å². The van der Waals surface area contributed by atoms with Crippen LogP contribution in [0.25, 0.3) is 10.9 Å². The Morgan fingerprint density at radius 3 is 2.86 bits per heavy atom. The number of ketones is 1. The van der Waals surface area contributed by atoms with Crippen LogP contribution in [0.5, 0.6) is 0 Å². The standard InChI is InChI=1S/C23H28N2O4/c1-2-3-4-8-18-15(10-11-21(18)26)13-22(27)25-20(23(28)29)12-16-14-24-19-9-6-5-7-17(16)19/h3-7,9,14-15,18,20,24H,2,8,10-13H2,1H3,(H,25,27)(H,28,29). The van der Waals surface area contributed by atoms with E-state index in [9.17, 15) is 19.5 Å². The minimum Gasteiger partial charge on any atom is -0.480 e. The number of nitrogens with one attached hydrogen (secondary N) is 2. The Morgan fingerprint density at radius 1 is 1.31 bits per heavy atom. The fraction of sp³-hybridized carbons (Fsp3) is 0.435. The number of benzene rings is 1. The summed E-state index contributed by atoms with van der Waals surface area (Å²) in [6.45, 7) is 2.04. The summed E-state index contributed by atoms with van der Waals surface area (Å²) < 4.78 is 0. The number of carbonyl (C=O) groups is 3. The third kappa shape index (κ3) is 5.13. The van der Waals surface area contributed by atoms with Gasteiger partial charge in [0.15, 0.2) is 0 Å². The minimum atomic E-state index is -1.06. The van der Waals surface area contributed by atoms with Gasteiger partial charge in [-0.1, -0.05) is 37.3 Å². The van der Waals surface area contributed by atoms with Gasteiger partial charge >= 0.3 is 5.97 Å². The highest BCUT2D eigenvalue weighted by molar-refractivity contribution is 5.88. The van der Waals surface area contributed by atoms with E-state index in [-0.39, 0.29) is 36.4 Å². The van der Waals surface area contributed by atoms with Gasteiger partial charge in [-0.05, 0) is 36.8 Å². The number of aliphatic carboxylic acids is 1. The Bertz CT molecular complexity index is 914. The van der Waals surface area contributed by atoms with E-state index >= 15 is 0 Å². The lowest BCUT2D eigenvalue weighted by atomic mass is 9.89. The zero-order valence-electron chi connectivity index (χ0n) is 16.7. The number of Topliss-reactive ketones (excluding diaryl/α,β-unsaturated/α-hetero) is 1. The zero-order valence-corrected chi connectivity index (χ0v) is 16.7. The van der Waals surface area contributed by atoms with E-state index in [0.29, 0.717) is 19.3 Å². The number of hydrogen-bond donors (Lipinski definition) is 3. The Labute approximate surface area is 170 Å². The number of carbonyl (C=O) groups excluding carboxylic acids is 2. The number of rotatable bonds is 9. The third-order valence-electron chi connectivity index (χ3n) is 5.72. The molecule has 1 aliphatic rings. The molecule has 1 amide bonds. The summed E-state index contributed by atoms with van der Waals surface area (Å²) in [5.74, 6) is -1.32. The van der Waals surface area contributed by atoms with Crippen LogP contribution in [0, 0.1) is 11.8 Å². The molecule has 0 saturated heterocycles.